The number of hydrogen-bond donors (Lipinski definition) is 0. The molecule has 0 aliphatic carbocycles. The molecule has 78 valence electrons. The molecule has 0 N–H and O–H groups in total. The van der Waals surface area contributed by atoms with Crippen molar-refractivity contribution in [3.63, 3.8) is 0 Å². The maximum Gasteiger partial charge on any atom is 0.102 e. The van der Waals surface area contributed by atoms with E-state index in [4.69, 9.17) is 4.74 Å². The van der Waals surface area contributed by atoms with Gasteiger partial charge in [0.05, 0.1) is 11.7 Å². The number of morpholine rings is 1. The number of nitrogens with zero attached hydrogens (tertiary/aromatic N) is 1. The summed E-state index contributed by atoms with van der Waals surface area (Å²) >= 11 is 3.40. The van der Waals surface area contributed by atoms with Gasteiger partial charge >= 0.3 is 0 Å². The smallest absolute Gasteiger partial charge is 0.102 e. The average Bonchev–Trinajstić information content (AvgIpc) is 2.02. The molecule has 0 aromatic heterocycles. The quantitative estimate of drug-likeness (QED) is 0.712. The third kappa shape index (κ3) is 3.52. The van der Waals surface area contributed by atoms with Crippen LogP contribution in [0.3, 0.4) is 0 Å². The first-order valence-electron chi connectivity index (χ1n) is 4.59. The van der Waals surface area contributed by atoms with Crippen LogP contribution in [0.5, 0.6) is 0 Å². The zero-order chi connectivity index (χ0) is 9.90. The van der Waals surface area contributed by atoms with Crippen molar-refractivity contribution in [3.05, 3.63) is 0 Å². The van der Waals surface area contributed by atoms with E-state index in [1.54, 1.807) is 0 Å². The second kappa shape index (κ2) is 4.71. The van der Waals surface area contributed by atoms with E-state index < -0.39 is 0 Å². The van der Waals surface area contributed by atoms with Gasteiger partial charge in [0, 0.05) is 25.0 Å². The topological polar surface area (TPSA) is 12.5 Å². The largest absolute Gasteiger partial charge is 0.369 e. The van der Waals surface area contributed by atoms with Gasteiger partial charge in [0.2, 0.25) is 0 Å². The van der Waals surface area contributed by atoms with Crippen LogP contribution in [0.15, 0.2) is 0 Å². The first-order valence-corrected chi connectivity index (χ1v) is 5.71. The molecule has 0 aromatic rings. The molecule has 1 aliphatic heterocycles. The number of hydrogen-bond acceptors (Lipinski definition) is 2. The van der Waals surface area contributed by atoms with Crippen LogP contribution in [0.25, 0.3) is 0 Å². The first-order chi connectivity index (χ1) is 6.07. The normalized spacial score (nSPS) is 29.1. The highest BCUT2D eigenvalue weighted by atomic mass is 79.9. The Morgan fingerprint density at radius 1 is 1.62 bits per heavy atom. The Morgan fingerprint density at radius 2 is 2.31 bits per heavy atom. The minimum absolute atomic E-state index is 0.147. The summed E-state index contributed by atoms with van der Waals surface area (Å²) in [6, 6.07) is 0. The molecular weight excluding hydrogens is 237 g/mol. The minimum atomic E-state index is -0.273. The van der Waals surface area contributed by atoms with Crippen LogP contribution in [0.1, 0.15) is 13.8 Å². The molecule has 0 radical (unpaired) electrons. The maximum atomic E-state index is 12.2. The van der Waals surface area contributed by atoms with Gasteiger partial charge < -0.3 is 4.74 Å². The van der Waals surface area contributed by atoms with E-state index in [9.17, 15) is 4.39 Å². The van der Waals surface area contributed by atoms with Gasteiger partial charge in [0.15, 0.2) is 0 Å². The second-order valence-electron chi connectivity index (χ2n) is 4.08. The van der Waals surface area contributed by atoms with Crippen molar-refractivity contribution in [2.75, 3.05) is 31.6 Å². The summed E-state index contributed by atoms with van der Waals surface area (Å²) < 4.78 is 18.0. The number of rotatable bonds is 3. The van der Waals surface area contributed by atoms with E-state index in [1.165, 1.54) is 0 Å². The Morgan fingerprint density at radius 3 is 2.85 bits per heavy atom. The second-order valence-corrected chi connectivity index (χ2v) is 4.73. The molecule has 4 heteroatoms. The molecule has 0 amide bonds. The predicted molar refractivity (Wildman–Crippen MR) is 55.2 cm³/mol. The molecular formula is C9H17BrFNO. The number of halogens is 2. The lowest BCUT2D eigenvalue weighted by atomic mass is 10.1. The number of ether oxygens (including phenoxy) is 1. The first kappa shape index (κ1) is 11.4. The lowest BCUT2D eigenvalue weighted by Crippen LogP contribution is -2.53. The van der Waals surface area contributed by atoms with Gasteiger partial charge in [-0.1, -0.05) is 15.9 Å². The Hall–Kier alpha value is 0.330. The summed E-state index contributed by atoms with van der Waals surface area (Å²) in [4.78, 5) is 2.12. The fourth-order valence-corrected chi connectivity index (χ4v) is 2.12. The average molecular weight is 254 g/mol. The van der Waals surface area contributed by atoms with Crippen LogP contribution in [-0.4, -0.2) is 48.2 Å². The third-order valence-electron chi connectivity index (χ3n) is 2.12. The van der Waals surface area contributed by atoms with E-state index in [-0.39, 0.29) is 18.4 Å². The van der Waals surface area contributed by atoms with Gasteiger partial charge in [-0.15, -0.1) is 0 Å². The zero-order valence-electron chi connectivity index (χ0n) is 8.22. The van der Waals surface area contributed by atoms with E-state index in [1.807, 2.05) is 13.8 Å². The molecule has 1 rings (SSSR count). The molecule has 1 aliphatic rings. The highest BCUT2D eigenvalue weighted by molar-refractivity contribution is 9.09. The van der Waals surface area contributed by atoms with Crippen LogP contribution in [-0.2, 0) is 4.74 Å². The fraction of sp³-hybridized carbons (Fsp3) is 1.00. The molecule has 2 nitrogen and oxygen atoms in total. The van der Waals surface area contributed by atoms with Crippen molar-refractivity contribution < 1.29 is 9.13 Å². The molecule has 0 spiro atoms. The summed E-state index contributed by atoms with van der Waals surface area (Å²) in [5, 5.41) is 0.819. The van der Waals surface area contributed by atoms with Crippen molar-refractivity contribution in [2.45, 2.75) is 25.6 Å². The lowest BCUT2D eigenvalue weighted by molar-refractivity contribution is -0.126. The molecule has 1 heterocycles. The van der Waals surface area contributed by atoms with Crippen molar-refractivity contribution in [2.24, 2.45) is 0 Å². The van der Waals surface area contributed by atoms with Crippen molar-refractivity contribution in [1.82, 2.24) is 4.90 Å². The Bertz CT molecular complexity index is 166. The summed E-state index contributed by atoms with van der Waals surface area (Å²) in [6.45, 7) is 6.00. The van der Waals surface area contributed by atoms with Gasteiger partial charge in [-0.3, -0.25) is 4.90 Å². The molecule has 1 unspecified atom stereocenters. The molecule has 1 saturated heterocycles. The standard InChI is InChI=1S/C9H17BrFNO/c1-9(2)7-12(4-3-11)6-8(5-10)13-9/h8H,3-7H2,1-2H3. The monoisotopic (exact) mass is 253 g/mol. The molecule has 13 heavy (non-hydrogen) atoms. The Kier molecular flexibility index (Phi) is 4.13. The molecule has 0 saturated carbocycles. The molecule has 1 fully saturated rings. The summed E-state index contributed by atoms with van der Waals surface area (Å²) in [5.41, 5.74) is -0.147. The molecule has 1 atom stereocenters. The highest BCUT2D eigenvalue weighted by Crippen LogP contribution is 2.21. The fourth-order valence-electron chi connectivity index (χ4n) is 1.79. The van der Waals surface area contributed by atoms with Crippen molar-refractivity contribution >= 4 is 15.9 Å². The van der Waals surface area contributed by atoms with Gasteiger partial charge in [0.25, 0.3) is 0 Å². The van der Waals surface area contributed by atoms with Crippen LogP contribution in [0.4, 0.5) is 4.39 Å². The lowest BCUT2D eigenvalue weighted by Gasteiger charge is -2.42. The summed E-state index contributed by atoms with van der Waals surface area (Å²) in [6.07, 6.45) is 0.190. The minimum Gasteiger partial charge on any atom is -0.369 e. The van der Waals surface area contributed by atoms with Crippen LogP contribution in [0, 0.1) is 0 Å². The van der Waals surface area contributed by atoms with Crippen LogP contribution >= 0.6 is 15.9 Å². The van der Waals surface area contributed by atoms with Crippen LogP contribution in [0.2, 0.25) is 0 Å². The van der Waals surface area contributed by atoms with Crippen LogP contribution < -0.4 is 0 Å². The van der Waals surface area contributed by atoms with Gasteiger partial charge in [-0.25, -0.2) is 4.39 Å². The van der Waals surface area contributed by atoms with Gasteiger partial charge in [-0.05, 0) is 13.8 Å². The summed E-state index contributed by atoms with van der Waals surface area (Å²) in [7, 11) is 0. The third-order valence-corrected chi connectivity index (χ3v) is 2.85. The number of alkyl halides is 2. The van der Waals surface area contributed by atoms with E-state index >= 15 is 0 Å². The summed E-state index contributed by atoms with van der Waals surface area (Å²) in [5.74, 6) is 0. The van der Waals surface area contributed by atoms with Crippen molar-refractivity contribution in [1.29, 1.82) is 0 Å². The zero-order valence-corrected chi connectivity index (χ0v) is 9.81. The van der Waals surface area contributed by atoms with E-state index in [0.717, 1.165) is 18.4 Å². The highest BCUT2D eigenvalue weighted by Gasteiger charge is 2.32. The Labute approximate surface area is 87.6 Å². The maximum absolute atomic E-state index is 12.2. The molecule has 0 aromatic carbocycles. The van der Waals surface area contributed by atoms with Gasteiger partial charge in [-0.2, -0.15) is 0 Å². The van der Waals surface area contributed by atoms with E-state index in [2.05, 4.69) is 20.8 Å². The van der Waals surface area contributed by atoms with Crippen molar-refractivity contribution in [3.8, 4) is 0 Å². The van der Waals surface area contributed by atoms with E-state index in [0.29, 0.717) is 6.54 Å². The SMILES string of the molecule is CC1(C)CN(CCF)CC(CBr)O1. The van der Waals surface area contributed by atoms with Gasteiger partial charge in [0.1, 0.15) is 6.67 Å². The Balaban J connectivity index is 2.49. The predicted octanol–water partition coefficient (Wildman–Crippen LogP) is 1.83. The molecule has 0 bridgehead atoms.